The van der Waals surface area contributed by atoms with Crippen molar-refractivity contribution >= 4 is 11.8 Å². The zero-order valence-electron chi connectivity index (χ0n) is 22.4. The van der Waals surface area contributed by atoms with Crippen LogP contribution in [0.5, 0.6) is 5.88 Å². The molecule has 37 heavy (non-hydrogen) atoms. The van der Waals surface area contributed by atoms with Gasteiger partial charge in [0.05, 0.1) is 19.2 Å². The molecule has 202 valence electrons. The van der Waals surface area contributed by atoms with Gasteiger partial charge in [0.2, 0.25) is 11.8 Å². The lowest BCUT2D eigenvalue weighted by Gasteiger charge is -2.38. The summed E-state index contributed by atoms with van der Waals surface area (Å²) in [7, 11) is 1.83. The normalized spacial score (nSPS) is 24.7. The van der Waals surface area contributed by atoms with E-state index in [1.54, 1.807) is 22.1 Å². The average Bonchev–Trinajstić information content (AvgIpc) is 3.35. The highest BCUT2D eigenvalue weighted by molar-refractivity contribution is 5.97. The van der Waals surface area contributed by atoms with Gasteiger partial charge in [-0.25, -0.2) is 4.98 Å². The molecular formula is C29H41N3O5. The predicted octanol–water partition coefficient (Wildman–Crippen LogP) is 3.00. The van der Waals surface area contributed by atoms with Gasteiger partial charge in [-0.1, -0.05) is 38.0 Å². The fourth-order valence-electron chi connectivity index (χ4n) is 5.68. The third-order valence-electron chi connectivity index (χ3n) is 8.18. The predicted molar refractivity (Wildman–Crippen MR) is 140 cm³/mol. The van der Waals surface area contributed by atoms with Crippen molar-refractivity contribution < 1.29 is 24.5 Å². The first-order chi connectivity index (χ1) is 17.7. The molecular weight excluding hydrogens is 470 g/mol. The van der Waals surface area contributed by atoms with Crippen LogP contribution in [0.1, 0.15) is 87.6 Å². The number of carbonyl (C=O) groups excluding carboxylic acids is 2. The van der Waals surface area contributed by atoms with Crippen molar-refractivity contribution in [2.45, 2.75) is 89.4 Å². The molecule has 3 aliphatic rings. The largest absolute Gasteiger partial charge is 0.472 e. The average molecular weight is 512 g/mol. The number of likely N-dealkylation sites (N-methyl/N-ethyl adjacent to an activating group) is 1. The maximum atomic E-state index is 13.6. The lowest BCUT2D eigenvalue weighted by Crippen LogP contribution is -2.51. The van der Waals surface area contributed by atoms with Gasteiger partial charge < -0.3 is 24.7 Å². The molecule has 2 heterocycles. The lowest BCUT2D eigenvalue weighted by atomic mass is 9.88. The van der Waals surface area contributed by atoms with E-state index >= 15 is 0 Å². The molecule has 1 aliphatic heterocycles. The molecule has 2 N–H and O–H groups in total. The number of ether oxygens (including phenoxy) is 1. The number of hydrogen-bond acceptors (Lipinski definition) is 6. The van der Waals surface area contributed by atoms with E-state index in [0.717, 1.165) is 38.5 Å². The SMILES string of the molecule is C[C@H](CO)N1C[C@H](C)[C@H](CN(C)C(=O)C2CCCCC2)Oc2ncc(C#CC3(O)CCCC3)cc2C1=O. The maximum Gasteiger partial charge on any atom is 0.259 e. The molecule has 2 amide bonds. The summed E-state index contributed by atoms with van der Waals surface area (Å²) in [5.41, 5.74) is -0.177. The standard InChI is InChI=1S/C29H41N3O5/c1-20-17-32(21(2)19-33)28(35)24-15-22(11-14-29(36)12-7-8-13-29)16-30-26(24)37-25(20)18-31(3)27(34)23-9-5-4-6-10-23/h15-16,20-21,23,25,33,36H,4-10,12-13,17-19H2,1-3H3/t20-,21+,25-/m0/s1. The van der Waals surface area contributed by atoms with E-state index < -0.39 is 11.6 Å². The summed E-state index contributed by atoms with van der Waals surface area (Å²) in [4.78, 5) is 34.6. The van der Waals surface area contributed by atoms with E-state index in [4.69, 9.17) is 4.74 Å². The molecule has 2 fully saturated rings. The zero-order valence-corrected chi connectivity index (χ0v) is 22.4. The van der Waals surface area contributed by atoms with Crippen molar-refractivity contribution in [1.82, 2.24) is 14.8 Å². The van der Waals surface area contributed by atoms with Crippen molar-refractivity contribution in [3.63, 3.8) is 0 Å². The molecule has 0 spiro atoms. The van der Waals surface area contributed by atoms with Crippen molar-refractivity contribution in [1.29, 1.82) is 0 Å². The van der Waals surface area contributed by atoms with Crippen LogP contribution in [-0.2, 0) is 4.79 Å². The van der Waals surface area contributed by atoms with Crippen molar-refractivity contribution in [2.75, 3.05) is 26.7 Å². The van der Waals surface area contributed by atoms with Crippen molar-refractivity contribution in [2.24, 2.45) is 11.8 Å². The fourth-order valence-corrected chi connectivity index (χ4v) is 5.68. The maximum absolute atomic E-state index is 13.6. The van der Waals surface area contributed by atoms with Crippen LogP contribution >= 0.6 is 0 Å². The van der Waals surface area contributed by atoms with Gasteiger partial charge >= 0.3 is 0 Å². The Morgan fingerprint density at radius 3 is 2.65 bits per heavy atom. The van der Waals surface area contributed by atoms with Gasteiger partial charge in [-0.15, -0.1) is 0 Å². The summed E-state index contributed by atoms with van der Waals surface area (Å²) in [6.07, 6.45) is 9.64. The van der Waals surface area contributed by atoms with E-state index in [-0.39, 0.29) is 47.8 Å². The number of nitrogens with zero attached hydrogens (tertiary/aromatic N) is 3. The highest BCUT2D eigenvalue weighted by Crippen LogP contribution is 2.30. The first-order valence-corrected chi connectivity index (χ1v) is 13.8. The molecule has 2 aliphatic carbocycles. The Kier molecular flexibility index (Phi) is 8.76. The fraction of sp³-hybridized carbons (Fsp3) is 0.690. The molecule has 1 aromatic heterocycles. The third-order valence-corrected chi connectivity index (χ3v) is 8.18. The molecule has 2 saturated carbocycles. The molecule has 8 nitrogen and oxygen atoms in total. The van der Waals surface area contributed by atoms with Crippen LogP contribution < -0.4 is 4.74 Å². The smallest absolute Gasteiger partial charge is 0.259 e. The Balaban J connectivity index is 1.61. The monoisotopic (exact) mass is 511 g/mol. The first-order valence-electron chi connectivity index (χ1n) is 13.8. The quantitative estimate of drug-likeness (QED) is 0.589. The summed E-state index contributed by atoms with van der Waals surface area (Å²) in [5.74, 6) is 6.03. The molecule has 4 rings (SSSR count). The first kappa shape index (κ1) is 27.4. The van der Waals surface area contributed by atoms with Crippen LogP contribution in [0.2, 0.25) is 0 Å². The number of pyridine rings is 1. The molecule has 8 heteroatoms. The Morgan fingerprint density at radius 2 is 1.97 bits per heavy atom. The second-order valence-electron chi connectivity index (χ2n) is 11.2. The summed E-state index contributed by atoms with van der Waals surface area (Å²) < 4.78 is 6.33. The molecule has 1 aromatic rings. The number of carbonyl (C=O) groups is 2. The van der Waals surface area contributed by atoms with Gasteiger partial charge in [0.25, 0.3) is 5.91 Å². The highest BCUT2D eigenvalue weighted by atomic mass is 16.5. The second kappa shape index (κ2) is 11.8. The van der Waals surface area contributed by atoms with Crippen LogP contribution in [0.3, 0.4) is 0 Å². The number of aromatic nitrogens is 1. The Labute approximate surface area is 220 Å². The summed E-state index contributed by atoms with van der Waals surface area (Å²) in [6, 6.07) is 1.27. The minimum atomic E-state index is -0.988. The molecule has 0 saturated heterocycles. The number of aliphatic hydroxyl groups excluding tert-OH is 1. The van der Waals surface area contributed by atoms with Crippen molar-refractivity contribution in [3.8, 4) is 17.7 Å². The third kappa shape index (κ3) is 6.45. The number of rotatable bonds is 5. The van der Waals surface area contributed by atoms with Crippen LogP contribution in [0.4, 0.5) is 0 Å². The van der Waals surface area contributed by atoms with E-state index in [1.165, 1.54) is 6.42 Å². The number of aliphatic hydroxyl groups is 2. The molecule has 3 atom stereocenters. The van der Waals surface area contributed by atoms with Crippen LogP contribution in [0, 0.1) is 23.7 Å². The molecule has 0 unspecified atom stereocenters. The zero-order chi connectivity index (χ0) is 26.6. The Hall–Kier alpha value is -2.63. The van der Waals surface area contributed by atoms with Gasteiger partial charge in [0.1, 0.15) is 17.3 Å². The van der Waals surface area contributed by atoms with E-state index in [2.05, 4.69) is 16.8 Å². The summed E-state index contributed by atoms with van der Waals surface area (Å²) >= 11 is 0. The van der Waals surface area contributed by atoms with Crippen LogP contribution in [0.25, 0.3) is 0 Å². The topological polar surface area (TPSA) is 103 Å². The van der Waals surface area contributed by atoms with E-state index in [1.807, 2.05) is 20.9 Å². The summed E-state index contributed by atoms with van der Waals surface area (Å²) in [5, 5.41) is 20.5. The van der Waals surface area contributed by atoms with E-state index in [9.17, 15) is 19.8 Å². The van der Waals surface area contributed by atoms with Crippen LogP contribution in [0.15, 0.2) is 12.3 Å². The Morgan fingerprint density at radius 1 is 1.27 bits per heavy atom. The minimum absolute atomic E-state index is 0.0660. The van der Waals surface area contributed by atoms with Gasteiger partial charge in [-0.3, -0.25) is 9.59 Å². The second-order valence-corrected chi connectivity index (χ2v) is 11.2. The van der Waals surface area contributed by atoms with Gasteiger partial charge in [-0.2, -0.15) is 0 Å². The molecule has 0 radical (unpaired) electrons. The van der Waals surface area contributed by atoms with Crippen molar-refractivity contribution in [3.05, 3.63) is 23.4 Å². The minimum Gasteiger partial charge on any atom is -0.472 e. The van der Waals surface area contributed by atoms with E-state index in [0.29, 0.717) is 31.5 Å². The number of amides is 2. The number of hydrogen-bond donors (Lipinski definition) is 2. The Bertz CT molecular complexity index is 1040. The van der Waals surface area contributed by atoms with Gasteiger partial charge in [0, 0.05) is 37.2 Å². The lowest BCUT2D eigenvalue weighted by molar-refractivity contribution is -0.136. The van der Waals surface area contributed by atoms with Gasteiger partial charge in [0.15, 0.2) is 0 Å². The van der Waals surface area contributed by atoms with Gasteiger partial charge in [-0.05, 0) is 51.5 Å². The summed E-state index contributed by atoms with van der Waals surface area (Å²) in [6.45, 7) is 4.42. The number of fused-ring (bicyclic) bond motifs is 1. The highest BCUT2D eigenvalue weighted by Gasteiger charge is 2.36. The molecule has 0 bridgehead atoms. The molecule has 0 aromatic carbocycles. The van der Waals surface area contributed by atoms with Crippen LogP contribution in [-0.4, -0.2) is 81.3 Å².